The van der Waals surface area contributed by atoms with E-state index in [1.54, 1.807) is 7.11 Å². The number of aliphatic imine (C=N–C) groups is 1. The Morgan fingerprint density at radius 1 is 1.36 bits per heavy atom. The summed E-state index contributed by atoms with van der Waals surface area (Å²) < 4.78 is 10.7. The molecule has 25 heavy (non-hydrogen) atoms. The SMILES string of the molecule is COc1ccc(C)cc1CCNC(N)=NCCCN1CCOCC1.I. The van der Waals surface area contributed by atoms with E-state index < -0.39 is 0 Å². The second kappa shape index (κ2) is 12.3. The summed E-state index contributed by atoms with van der Waals surface area (Å²) >= 11 is 0. The van der Waals surface area contributed by atoms with Crippen LogP contribution in [0.5, 0.6) is 5.75 Å². The summed E-state index contributed by atoms with van der Waals surface area (Å²) in [5.74, 6) is 1.44. The zero-order valence-electron chi connectivity index (χ0n) is 15.3. The van der Waals surface area contributed by atoms with E-state index in [0.717, 1.165) is 64.5 Å². The van der Waals surface area contributed by atoms with Crippen LogP contribution in [0.3, 0.4) is 0 Å². The average molecular weight is 462 g/mol. The van der Waals surface area contributed by atoms with E-state index in [2.05, 4.69) is 34.3 Å². The molecule has 0 saturated carbocycles. The average Bonchev–Trinajstić information content (AvgIpc) is 2.60. The summed E-state index contributed by atoms with van der Waals surface area (Å²) in [6.07, 6.45) is 1.88. The summed E-state index contributed by atoms with van der Waals surface area (Å²) in [5, 5.41) is 3.18. The van der Waals surface area contributed by atoms with Gasteiger partial charge in [-0.15, -0.1) is 24.0 Å². The minimum absolute atomic E-state index is 0. The van der Waals surface area contributed by atoms with Crippen molar-refractivity contribution in [2.75, 3.05) is 53.0 Å². The predicted octanol–water partition coefficient (Wildman–Crippen LogP) is 1.79. The third-order valence-electron chi connectivity index (χ3n) is 4.15. The maximum absolute atomic E-state index is 5.93. The molecule has 0 bridgehead atoms. The van der Waals surface area contributed by atoms with Crippen LogP contribution in [0.25, 0.3) is 0 Å². The van der Waals surface area contributed by atoms with Crippen molar-refractivity contribution < 1.29 is 9.47 Å². The highest BCUT2D eigenvalue weighted by Crippen LogP contribution is 2.19. The molecule has 1 aromatic rings. The van der Waals surface area contributed by atoms with E-state index in [1.807, 2.05) is 6.07 Å². The lowest BCUT2D eigenvalue weighted by molar-refractivity contribution is 0.0377. The van der Waals surface area contributed by atoms with Crippen molar-refractivity contribution in [1.29, 1.82) is 0 Å². The standard InChI is InChI=1S/C18H30N4O2.HI/c1-15-4-5-17(23-2)16(14-15)6-8-21-18(19)20-7-3-9-22-10-12-24-13-11-22;/h4-5,14H,3,6-13H2,1-2H3,(H3,19,20,21);1H. The van der Waals surface area contributed by atoms with Gasteiger partial charge < -0.3 is 20.5 Å². The van der Waals surface area contributed by atoms with Crippen LogP contribution >= 0.6 is 24.0 Å². The summed E-state index contributed by atoms with van der Waals surface area (Å²) in [6, 6.07) is 6.21. The molecule has 2 rings (SSSR count). The lowest BCUT2D eigenvalue weighted by Gasteiger charge is -2.26. The van der Waals surface area contributed by atoms with Crippen molar-refractivity contribution in [3.8, 4) is 5.75 Å². The Kier molecular flexibility index (Phi) is 10.8. The maximum Gasteiger partial charge on any atom is 0.188 e. The molecule has 1 aromatic carbocycles. The summed E-state index contributed by atoms with van der Waals surface area (Å²) in [5.41, 5.74) is 8.35. The van der Waals surface area contributed by atoms with E-state index in [0.29, 0.717) is 5.96 Å². The molecular weight excluding hydrogens is 431 g/mol. The van der Waals surface area contributed by atoms with E-state index in [4.69, 9.17) is 15.2 Å². The third-order valence-corrected chi connectivity index (χ3v) is 4.15. The van der Waals surface area contributed by atoms with Crippen LogP contribution in [0.2, 0.25) is 0 Å². The van der Waals surface area contributed by atoms with Crippen molar-refractivity contribution in [1.82, 2.24) is 10.2 Å². The number of hydrogen-bond donors (Lipinski definition) is 2. The number of rotatable bonds is 8. The Morgan fingerprint density at radius 3 is 2.84 bits per heavy atom. The number of morpholine rings is 1. The monoisotopic (exact) mass is 462 g/mol. The molecule has 0 aliphatic carbocycles. The topological polar surface area (TPSA) is 72.1 Å². The Hall–Kier alpha value is -1.06. The van der Waals surface area contributed by atoms with Crippen molar-refractivity contribution in [3.63, 3.8) is 0 Å². The smallest absolute Gasteiger partial charge is 0.188 e. The van der Waals surface area contributed by atoms with E-state index in [-0.39, 0.29) is 24.0 Å². The van der Waals surface area contributed by atoms with E-state index >= 15 is 0 Å². The molecule has 0 aromatic heterocycles. The van der Waals surface area contributed by atoms with Gasteiger partial charge in [0.05, 0.1) is 20.3 Å². The number of hydrogen-bond acceptors (Lipinski definition) is 4. The highest BCUT2D eigenvalue weighted by atomic mass is 127. The molecule has 6 nitrogen and oxygen atoms in total. The number of nitrogens with one attached hydrogen (secondary N) is 1. The van der Waals surface area contributed by atoms with Gasteiger partial charge in [0.15, 0.2) is 5.96 Å². The Morgan fingerprint density at radius 2 is 2.12 bits per heavy atom. The molecule has 1 fully saturated rings. The van der Waals surface area contributed by atoms with E-state index in [9.17, 15) is 0 Å². The first-order chi connectivity index (χ1) is 11.7. The first-order valence-corrected chi connectivity index (χ1v) is 8.66. The molecule has 0 spiro atoms. The van der Waals surface area contributed by atoms with Gasteiger partial charge in [-0.3, -0.25) is 9.89 Å². The van der Waals surface area contributed by atoms with Crippen molar-refractivity contribution in [3.05, 3.63) is 29.3 Å². The summed E-state index contributed by atoms with van der Waals surface area (Å²) in [4.78, 5) is 6.80. The van der Waals surface area contributed by atoms with Crippen LogP contribution in [-0.2, 0) is 11.2 Å². The normalized spacial score (nSPS) is 15.5. The van der Waals surface area contributed by atoms with Crippen LogP contribution in [-0.4, -0.2) is 63.9 Å². The Balaban J connectivity index is 0.00000312. The fourth-order valence-corrected chi connectivity index (χ4v) is 2.80. The molecule has 1 saturated heterocycles. The molecule has 3 N–H and O–H groups in total. The molecule has 0 atom stereocenters. The van der Waals surface area contributed by atoms with Gasteiger partial charge in [0.25, 0.3) is 0 Å². The Bertz CT molecular complexity index is 534. The highest BCUT2D eigenvalue weighted by Gasteiger charge is 2.09. The van der Waals surface area contributed by atoms with Gasteiger partial charge in [0, 0.05) is 32.7 Å². The first-order valence-electron chi connectivity index (χ1n) is 8.66. The number of halogens is 1. The molecule has 1 heterocycles. The number of nitrogens with zero attached hydrogens (tertiary/aromatic N) is 2. The lowest BCUT2D eigenvalue weighted by Crippen LogP contribution is -2.37. The minimum Gasteiger partial charge on any atom is -0.496 e. The number of aryl methyl sites for hydroxylation is 1. The zero-order chi connectivity index (χ0) is 17.2. The van der Waals surface area contributed by atoms with Crippen LogP contribution in [0.15, 0.2) is 23.2 Å². The van der Waals surface area contributed by atoms with Gasteiger partial charge in [-0.2, -0.15) is 0 Å². The van der Waals surface area contributed by atoms with Gasteiger partial charge in [-0.1, -0.05) is 17.7 Å². The molecule has 0 amide bonds. The molecule has 7 heteroatoms. The van der Waals surface area contributed by atoms with Crippen LogP contribution in [0.1, 0.15) is 17.5 Å². The van der Waals surface area contributed by atoms with Gasteiger partial charge in [-0.05, 0) is 31.4 Å². The number of nitrogens with two attached hydrogens (primary N) is 1. The number of ether oxygens (including phenoxy) is 2. The summed E-state index contributed by atoms with van der Waals surface area (Å²) in [7, 11) is 1.70. The van der Waals surface area contributed by atoms with Crippen LogP contribution in [0, 0.1) is 6.92 Å². The van der Waals surface area contributed by atoms with E-state index in [1.165, 1.54) is 11.1 Å². The first kappa shape index (κ1) is 22.0. The lowest BCUT2D eigenvalue weighted by atomic mass is 10.1. The summed E-state index contributed by atoms with van der Waals surface area (Å²) in [6.45, 7) is 8.38. The molecular formula is C18H31IN4O2. The minimum atomic E-state index is 0. The third kappa shape index (κ3) is 8.24. The van der Waals surface area contributed by atoms with Crippen molar-refractivity contribution in [2.24, 2.45) is 10.7 Å². The predicted molar refractivity (Wildman–Crippen MR) is 113 cm³/mol. The quantitative estimate of drug-likeness (QED) is 0.267. The molecule has 1 aliphatic rings. The maximum atomic E-state index is 5.93. The fourth-order valence-electron chi connectivity index (χ4n) is 2.80. The number of methoxy groups -OCH3 is 1. The van der Waals surface area contributed by atoms with Crippen molar-refractivity contribution >= 4 is 29.9 Å². The van der Waals surface area contributed by atoms with Gasteiger partial charge in [-0.25, -0.2) is 0 Å². The fraction of sp³-hybridized carbons (Fsp3) is 0.611. The molecule has 1 aliphatic heterocycles. The number of guanidine groups is 1. The van der Waals surface area contributed by atoms with Gasteiger partial charge >= 0.3 is 0 Å². The number of benzene rings is 1. The van der Waals surface area contributed by atoms with Crippen LogP contribution in [0.4, 0.5) is 0 Å². The second-order valence-electron chi connectivity index (χ2n) is 6.07. The Labute approximate surface area is 168 Å². The second-order valence-corrected chi connectivity index (χ2v) is 6.07. The molecule has 142 valence electrons. The largest absolute Gasteiger partial charge is 0.496 e. The zero-order valence-corrected chi connectivity index (χ0v) is 17.6. The molecule has 0 unspecified atom stereocenters. The van der Waals surface area contributed by atoms with Crippen LogP contribution < -0.4 is 15.8 Å². The van der Waals surface area contributed by atoms with Crippen molar-refractivity contribution in [2.45, 2.75) is 19.8 Å². The van der Waals surface area contributed by atoms with Gasteiger partial charge in [0.2, 0.25) is 0 Å². The highest BCUT2D eigenvalue weighted by molar-refractivity contribution is 14.0. The molecule has 0 radical (unpaired) electrons. The van der Waals surface area contributed by atoms with Gasteiger partial charge in [0.1, 0.15) is 5.75 Å².